The maximum Gasteiger partial charge on any atom is 0.416 e. The van der Waals surface area contributed by atoms with Gasteiger partial charge in [-0.1, -0.05) is 26.0 Å². The SMILES string of the molecule is CC(N)CC(=O)NC(c1cccc(C(F)(F)F)c1)C(C)C.Cl. The number of halogens is 4. The van der Waals surface area contributed by atoms with Gasteiger partial charge in [-0.2, -0.15) is 13.2 Å². The van der Waals surface area contributed by atoms with E-state index in [0.29, 0.717) is 5.56 Å². The Morgan fingerprint density at radius 1 is 1.27 bits per heavy atom. The minimum atomic E-state index is -4.40. The molecular weight excluding hydrogens is 317 g/mol. The predicted octanol–water partition coefficient (Wildman–Crippen LogP) is 3.68. The molecule has 1 rings (SSSR count). The van der Waals surface area contributed by atoms with Crippen LogP contribution in [0.2, 0.25) is 0 Å². The Balaban J connectivity index is 0.00000441. The molecule has 3 N–H and O–H groups in total. The molecule has 0 spiro atoms. The molecule has 0 saturated carbocycles. The van der Waals surface area contributed by atoms with Crippen molar-refractivity contribution in [3.8, 4) is 0 Å². The molecule has 0 aliphatic heterocycles. The summed E-state index contributed by atoms with van der Waals surface area (Å²) in [5.41, 5.74) is 5.28. The quantitative estimate of drug-likeness (QED) is 0.860. The van der Waals surface area contributed by atoms with E-state index in [-0.39, 0.29) is 36.7 Å². The summed E-state index contributed by atoms with van der Waals surface area (Å²) in [6, 6.07) is 4.27. The number of amides is 1. The average molecular weight is 339 g/mol. The molecule has 2 atom stereocenters. The van der Waals surface area contributed by atoms with Crippen LogP contribution in [0.25, 0.3) is 0 Å². The normalized spacial score (nSPS) is 14.2. The third kappa shape index (κ3) is 6.23. The summed E-state index contributed by atoms with van der Waals surface area (Å²) in [7, 11) is 0. The van der Waals surface area contributed by atoms with Crippen molar-refractivity contribution < 1.29 is 18.0 Å². The van der Waals surface area contributed by atoms with Gasteiger partial charge in [0.15, 0.2) is 0 Å². The number of alkyl halides is 3. The first-order chi connectivity index (χ1) is 9.61. The Labute approximate surface area is 134 Å². The van der Waals surface area contributed by atoms with Gasteiger partial charge in [0, 0.05) is 12.5 Å². The fourth-order valence-electron chi connectivity index (χ4n) is 2.07. The Bertz CT molecular complexity index is 490. The van der Waals surface area contributed by atoms with E-state index in [0.717, 1.165) is 12.1 Å². The van der Waals surface area contributed by atoms with Crippen molar-refractivity contribution in [1.82, 2.24) is 5.32 Å². The number of hydrogen-bond acceptors (Lipinski definition) is 2. The largest absolute Gasteiger partial charge is 0.416 e. The van der Waals surface area contributed by atoms with Crippen molar-refractivity contribution in [2.45, 2.75) is 45.5 Å². The summed E-state index contributed by atoms with van der Waals surface area (Å²) in [4.78, 5) is 11.8. The van der Waals surface area contributed by atoms with E-state index < -0.39 is 17.8 Å². The van der Waals surface area contributed by atoms with Crippen molar-refractivity contribution in [1.29, 1.82) is 0 Å². The first kappa shape index (κ1) is 20.7. The van der Waals surface area contributed by atoms with E-state index in [9.17, 15) is 18.0 Å². The zero-order chi connectivity index (χ0) is 16.2. The smallest absolute Gasteiger partial charge is 0.349 e. The highest BCUT2D eigenvalue weighted by atomic mass is 35.5. The highest BCUT2D eigenvalue weighted by molar-refractivity contribution is 5.85. The second-order valence-corrected chi connectivity index (χ2v) is 5.59. The molecule has 22 heavy (non-hydrogen) atoms. The fourth-order valence-corrected chi connectivity index (χ4v) is 2.07. The molecule has 2 unspecified atom stereocenters. The molecule has 0 radical (unpaired) electrons. The second kappa shape index (κ2) is 8.39. The standard InChI is InChI=1S/C15H21F3N2O.ClH/c1-9(2)14(20-13(21)7-10(3)19)11-5-4-6-12(8-11)15(16,17)18;/h4-6,8-10,14H,7,19H2,1-3H3,(H,20,21);1H. The van der Waals surface area contributed by atoms with Crippen molar-refractivity contribution in [2.24, 2.45) is 11.7 Å². The van der Waals surface area contributed by atoms with E-state index in [1.54, 1.807) is 13.0 Å². The Hall–Kier alpha value is -1.27. The van der Waals surface area contributed by atoms with Crippen LogP contribution in [0.4, 0.5) is 13.2 Å². The topological polar surface area (TPSA) is 55.1 Å². The summed E-state index contributed by atoms with van der Waals surface area (Å²) in [5.74, 6) is -0.299. The van der Waals surface area contributed by atoms with Crippen LogP contribution in [0.1, 0.15) is 44.4 Å². The molecule has 0 aromatic heterocycles. The second-order valence-electron chi connectivity index (χ2n) is 5.59. The zero-order valence-corrected chi connectivity index (χ0v) is 13.6. The molecule has 0 aliphatic rings. The average Bonchev–Trinajstić information content (AvgIpc) is 2.34. The number of nitrogens with two attached hydrogens (primary N) is 1. The minimum absolute atomic E-state index is 0. The Morgan fingerprint density at radius 2 is 1.86 bits per heavy atom. The van der Waals surface area contributed by atoms with Crippen LogP contribution in [0.3, 0.4) is 0 Å². The fraction of sp³-hybridized carbons (Fsp3) is 0.533. The summed E-state index contributed by atoms with van der Waals surface area (Å²) < 4.78 is 38.3. The third-order valence-corrected chi connectivity index (χ3v) is 3.06. The van der Waals surface area contributed by atoms with Gasteiger partial charge in [-0.15, -0.1) is 12.4 Å². The van der Waals surface area contributed by atoms with Gasteiger partial charge in [0.2, 0.25) is 5.91 Å². The number of rotatable bonds is 5. The van der Waals surface area contributed by atoms with Gasteiger partial charge in [-0.05, 0) is 30.5 Å². The van der Waals surface area contributed by atoms with Crippen LogP contribution >= 0.6 is 12.4 Å². The predicted molar refractivity (Wildman–Crippen MR) is 82.7 cm³/mol. The van der Waals surface area contributed by atoms with Gasteiger partial charge < -0.3 is 11.1 Å². The molecular formula is C15H22ClF3N2O. The van der Waals surface area contributed by atoms with Crippen LogP contribution in [0.15, 0.2) is 24.3 Å². The van der Waals surface area contributed by atoms with Gasteiger partial charge in [-0.3, -0.25) is 4.79 Å². The molecule has 0 bridgehead atoms. The lowest BCUT2D eigenvalue weighted by Crippen LogP contribution is -2.35. The van der Waals surface area contributed by atoms with Crippen LogP contribution in [0, 0.1) is 5.92 Å². The summed E-state index contributed by atoms with van der Waals surface area (Å²) in [5, 5.41) is 2.76. The lowest BCUT2D eigenvalue weighted by Gasteiger charge is -2.24. The van der Waals surface area contributed by atoms with Crippen LogP contribution in [0.5, 0.6) is 0 Å². The van der Waals surface area contributed by atoms with Crippen LogP contribution in [-0.2, 0) is 11.0 Å². The maximum atomic E-state index is 12.8. The molecule has 1 aromatic rings. The van der Waals surface area contributed by atoms with Crippen molar-refractivity contribution in [3.05, 3.63) is 35.4 Å². The van der Waals surface area contributed by atoms with Crippen molar-refractivity contribution in [3.63, 3.8) is 0 Å². The first-order valence-corrected chi connectivity index (χ1v) is 6.83. The molecule has 0 fully saturated rings. The monoisotopic (exact) mass is 338 g/mol. The Kier molecular flexibility index (Phi) is 7.90. The van der Waals surface area contributed by atoms with Crippen LogP contribution in [-0.4, -0.2) is 11.9 Å². The number of nitrogens with one attached hydrogen (secondary N) is 1. The van der Waals surface area contributed by atoms with Gasteiger partial charge in [-0.25, -0.2) is 0 Å². The highest BCUT2D eigenvalue weighted by Crippen LogP contribution is 2.32. The van der Waals surface area contributed by atoms with Gasteiger partial charge >= 0.3 is 6.18 Å². The maximum absolute atomic E-state index is 12.8. The molecule has 1 amide bonds. The number of carbonyl (C=O) groups excluding carboxylic acids is 1. The molecule has 3 nitrogen and oxygen atoms in total. The molecule has 0 saturated heterocycles. The van der Waals surface area contributed by atoms with E-state index in [1.807, 2.05) is 13.8 Å². The van der Waals surface area contributed by atoms with E-state index in [1.165, 1.54) is 6.07 Å². The number of carbonyl (C=O) groups is 1. The van der Waals surface area contributed by atoms with E-state index in [2.05, 4.69) is 5.32 Å². The van der Waals surface area contributed by atoms with Gasteiger partial charge in [0.05, 0.1) is 11.6 Å². The van der Waals surface area contributed by atoms with E-state index in [4.69, 9.17) is 5.73 Å². The van der Waals surface area contributed by atoms with Crippen molar-refractivity contribution >= 4 is 18.3 Å². The molecule has 0 aliphatic carbocycles. The van der Waals surface area contributed by atoms with E-state index >= 15 is 0 Å². The van der Waals surface area contributed by atoms with Gasteiger partial charge in [0.1, 0.15) is 0 Å². The lowest BCUT2D eigenvalue weighted by molar-refractivity contribution is -0.137. The number of hydrogen-bond donors (Lipinski definition) is 2. The Morgan fingerprint density at radius 3 is 2.32 bits per heavy atom. The van der Waals surface area contributed by atoms with Crippen molar-refractivity contribution in [2.75, 3.05) is 0 Å². The van der Waals surface area contributed by atoms with Gasteiger partial charge in [0.25, 0.3) is 0 Å². The summed E-state index contributed by atoms with van der Waals surface area (Å²) >= 11 is 0. The minimum Gasteiger partial charge on any atom is -0.349 e. The molecule has 0 heterocycles. The van der Waals surface area contributed by atoms with Crippen LogP contribution < -0.4 is 11.1 Å². The highest BCUT2D eigenvalue weighted by Gasteiger charge is 2.31. The lowest BCUT2D eigenvalue weighted by atomic mass is 9.94. The zero-order valence-electron chi connectivity index (χ0n) is 12.8. The molecule has 7 heteroatoms. The molecule has 1 aromatic carbocycles. The summed E-state index contributed by atoms with van der Waals surface area (Å²) in [6.07, 6.45) is -4.25. The summed E-state index contributed by atoms with van der Waals surface area (Å²) in [6.45, 7) is 5.39. The third-order valence-electron chi connectivity index (χ3n) is 3.06. The number of benzene rings is 1. The molecule has 126 valence electrons. The first-order valence-electron chi connectivity index (χ1n) is 6.83.